The number of carbonyl (C=O) groups excluding carboxylic acids is 1. The van der Waals surface area contributed by atoms with Crippen molar-refractivity contribution in [3.8, 4) is 0 Å². The van der Waals surface area contributed by atoms with Gasteiger partial charge in [-0.25, -0.2) is 0 Å². The van der Waals surface area contributed by atoms with Gasteiger partial charge in [0.2, 0.25) is 11.8 Å². The minimum Gasteiger partial charge on any atom is -0.406 e. The molecule has 1 aliphatic rings. The van der Waals surface area contributed by atoms with Crippen LogP contribution >= 0.6 is 0 Å². The van der Waals surface area contributed by atoms with Gasteiger partial charge in [0.25, 0.3) is 0 Å². The third-order valence-corrected chi connectivity index (χ3v) is 5.83. The van der Waals surface area contributed by atoms with E-state index in [1.165, 1.54) is 12.8 Å². The third kappa shape index (κ3) is 5.72. The Balaban J connectivity index is 1.51. The Morgan fingerprint density at radius 2 is 1.71 bits per heavy atom. The van der Waals surface area contributed by atoms with Crippen LogP contribution in [0.2, 0.25) is 0 Å². The van der Waals surface area contributed by atoms with E-state index in [9.17, 15) is 4.79 Å². The molecule has 1 saturated heterocycles. The van der Waals surface area contributed by atoms with E-state index >= 15 is 0 Å². The molecule has 2 aromatic carbocycles. The van der Waals surface area contributed by atoms with Crippen molar-refractivity contribution in [2.24, 2.45) is 0 Å². The second-order valence-electron chi connectivity index (χ2n) is 8.24. The van der Waals surface area contributed by atoms with Crippen LogP contribution in [0.3, 0.4) is 0 Å². The summed E-state index contributed by atoms with van der Waals surface area (Å²) in [6, 6.07) is 18.2. The number of nitrogens with one attached hydrogen (secondary N) is 1. The summed E-state index contributed by atoms with van der Waals surface area (Å²) >= 11 is 0. The molecule has 4 rings (SSSR count). The second kappa shape index (κ2) is 10.2. The second-order valence-corrected chi connectivity index (χ2v) is 8.24. The summed E-state index contributed by atoms with van der Waals surface area (Å²) in [6.07, 6.45) is 5.68. The molecule has 0 radical (unpaired) electrons. The average Bonchev–Trinajstić information content (AvgIpc) is 3.11. The van der Waals surface area contributed by atoms with Crippen LogP contribution in [0.25, 0.3) is 0 Å². The summed E-state index contributed by atoms with van der Waals surface area (Å²) in [5.74, 6) is 0.408. The molecule has 0 aliphatic carbocycles. The van der Waals surface area contributed by atoms with Crippen molar-refractivity contribution >= 4 is 11.9 Å². The highest BCUT2D eigenvalue weighted by atomic mass is 16.4. The highest BCUT2D eigenvalue weighted by Crippen LogP contribution is 2.23. The van der Waals surface area contributed by atoms with Crippen molar-refractivity contribution in [2.45, 2.75) is 51.5 Å². The van der Waals surface area contributed by atoms with E-state index < -0.39 is 0 Å². The zero-order valence-electron chi connectivity index (χ0n) is 18.1. The Bertz CT molecular complexity index is 978. The van der Waals surface area contributed by atoms with Gasteiger partial charge in [0.1, 0.15) is 6.04 Å². The molecule has 6 heteroatoms. The molecule has 0 unspecified atom stereocenters. The normalized spacial score (nSPS) is 15.3. The third-order valence-electron chi connectivity index (χ3n) is 5.83. The van der Waals surface area contributed by atoms with Gasteiger partial charge in [-0.2, -0.15) is 0 Å². The number of nitrogens with zero attached hydrogens (tertiary/aromatic N) is 3. The van der Waals surface area contributed by atoms with E-state index in [0.717, 1.165) is 42.6 Å². The van der Waals surface area contributed by atoms with E-state index in [2.05, 4.69) is 20.4 Å². The van der Waals surface area contributed by atoms with E-state index in [1.54, 1.807) is 0 Å². The maximum atomic E-state index is 12.9. The van der Waals surface area contributed by atoms with Crippen LogP contribution in [-0.2, 0) is 17.6 Å². The molecule has 1 aliphatic heterocycles. The summed E-state index contributed by atoms with van der Waals surface area (Å²) in [4.78, 5) is 15.0. The van der Waals surface area contributed by atoms with Gasteiger partial charge in [0, 0.05) is 19.5 Å². The lowest BCUT2D eigenvalue weighted by molar-refractivity contribution is -0.121. The summed E-state index contributed by atoms with van der Waals surface area (Å²) < 4.78 is 6.08. The summed E-state index contributed by atoms with van der Waals surface area (Å²) in [6.45, 7) is 3.89. The van der Waals surface area contributed by atoms with Crippen molar-refractivity contribution in [1.29, 1.82) is 0 Å². The fourth-order valence-corrected chi connectivity index (χ4v) is 4.03. The molecule has 1 fully saturated rings. The van der Waals surface area contributed by atoms with Crippen LogP contribution in [0.4, 0.5) is 6.01 Å². The number of aryl methyl sites for hydroxylation is 1. The predicted molar refractivity (Wildman–Crippen MR) is 121 cm³/mol. The summed E-state index contributed by atoms with van der Waals surface area (Å²) in [5.41, 5.74) is 3.24. The highest BCUT2D eigenvalue weighted by molar-refractivity contribution is 5.79. The Morgan fingerprint density at radius 1 is 1.00 bits per heavy atom. The van der Waals surface area contributed by atoms with E-state index in [1.807, 2.05) is 61.5 Å². The van der Waals surface area contributed by atoms with E-state index in [-0.39, 0.29) is 11.9 Å². The van der Waals surface area contributed by atoms with Crippen LogP contribution in [0, 0.1) is 6.92 Å². The quantitative estimate of drug-likeness (QED) is 0.616. The standard InChI is InChI=1S/C25H30N4O2/c1-19-11-7-8-14-21(19)18-23(30)26-22(17-20-12-5-4-6-13-20)24-27-28-25(31-24)29-15-9-2-3-10-16-29/h4-8,11-14,22H,2-3,9-10,15-18H2,1H3,(H,26,30)/t22-/m1/s1. The van der Waals surface area contributed by atoms with Gasteiger partial charge in [0.15, 0.2) is 0 Å². The number of hydrogen-bond donors (Lipinski definition) is 1. The fourth-order valence-electron chi connectivity index (χ4n) is 4.03. The molecule has 1 atom stereocenters. The van der Waals surface area contributed by atoms with Crippen LogP contribution < -0.4 is 10.2 Å². The average molecular weight is 419 g/mol. The number of benzene rings is 2. The number of aromatic nitrogens is 2. The van der Waals surface area contributed by atoms with Crippen molar-refractivity contribution in [3.05, 3.63) is 77.2 Å². The van der Waals surface area contributed by atoms with E-state index in [4.69, 9.17) is 4.42 Å². The Hall–Kier alpha value is -3.15. The maximum absolute atomic E-state index is 12.9. The van der Waals surface area contributed by atoms with Crippen LogP contribution in [-0.4, -0.2) is 29.2 Å². The van der Waals surface area contributed by atoms with Gasteiger partial charge in [-0.1, -0.05) is 72.5 Å². The van der Waals surface area contributed by atoms with Gasteiger partial charge < -0.3 is 14.6 Å². The molecular weight excluding hydrogens is 388 g/mol. The highest BCUT2D eigenvalue weighted by Gasteiger charge is 2.24. The number of hydrogen-bond acceptors (Lipinski definition) is 5. The first-order valence-electron chi connectivity index (χ1n) is 11.1. The molecule has 1 aromatic heterocycles. The minimum atomic E-state index is -0.368. The van der Waals surface area contributed by atoms with Gasteiger partial charge >= 0.3 is 6.01 Å². The number of anilines is 1. The van der Waals surface area contributed by atoms with Crippen LogP contribution in [0.1, 0.15) is 54.3 Å². The molecule has 1 N–H and O–H groups in total. The minimum absolute atomic E-state index is 0.0512. The number of amides is 1. The van der Waals surface area contributed by atoms with Gasteiger partial charge in [-0.3, -0.25) is 4.79 Å². The lowest BCUT2D eigenvalue weighted by Crippen LogP contribution is -2.31. The lowest BCUT2D eigenvalue weighted by Gasteiger charge is -2.18. The zero-order valence-corrected chi connectivity index (χ0v) is 18.1. The molecule has 162 valence electrons. The van der Waals surface area contributed by atoms with Crippen molar-refractivity contribution in [3.63, 3.8) is 0 Å². The molecule has 2 heterocycles. The Morgan fingerprint density at radius 3 is 2.45 bits per heavy atom. The molecule has 6 nitrogen and oxygen atoms in total. The monoisotopic (exact) mass is 418 g/mol. The van der Waals surface area contributed by atoms with Crippen LogP contribution in [0.15, 0.2) is 59.0 Å². The summed E-state index contributed by atoms with van der Waals surface area (Å²) in [5, 5.41) is 11.8. The molecule has 3 aromatic rings. The van der Waals surface area contributed by atoms with E-state index in [0.29, 0.717) is 24.7 Å². The Kier molecular flexibility index (Phi) is 6.97. The van der Waals surface area contributed by atoms with Crippen molar-refractivity contribution in [1.82, 2.24) is 15.5 Å². The topological polar surface area (TPSA) is 71.3 Å². The summed E-state index contributed by atoms with van der Waals surface area (Å²) in [7, 11) is 0. The number of carbonyl (C=O) groups is 1. The molecule has 0 spiro atoms. The maximum Gasteiger partial charge on any atom is 0.318 e. The largest absolute Gasteiger partial charge is 0.406 e. The van der Waals surface area contributed by atoms with Gasteiger partial charge in [0.05, 0.1) is 6.42 Å². The lowest BCUT2D eigenvalue weighted by atomic mass is 10.0. The molecular formula is C25H30N4O2. The molecule has 1 amide bonds. The zero-order chi connectivity index (χ0) is 21.5. The van der Waals surface area contributed by atoms with Crippen molar-refractivity contribution < 1.29 is 9.21 Å². The van der Waals surface area contributed by atoms with Crippen LogP contribution in [0.5, 0.6) is 0 Å². The first kappa shape index (κ1) is 21.1. The SMILES string of the molecule is Cc1ccccc1CC(=O)N[C@H](Cc1ccccc1)c1nnc(N2CCCCCC2)o1. The first-order chi connectivity index (χ1) is 15.2. The predicted octanol–water partition coefficient (Wildman–Crippen LogP) is 4.40. The van der Waals surface area contributed by atoms with Gasteiger partial charge in [-0.05, 0) is 36.5 Å². The molecule has 0 saturated carbocycles. The van der Waals surface area contributed by atoms with Crippen molar-refractivity contribution in [2.75, 3.05) is 18.0 Å². The fraction of sp³-hybridized carbons (Fsp3) is 0.400. The van der Waals surface area contributed by atoms with Gasteiger partial charge in [-0.15, -0.1) is 5.10 Å². The Labute approximate surface area is 183 Å². The number of rotatable bonds is 7. The molecule has 31 heavy (non-hydrogen) atoms. The smallest absolute Gasteiger partial charge is 0.318 e. The molecule has 0 bridgehead atoms. The first-order valence-corrected chi connectivity index (χ1v) is 11.1.